The van der Waals surface area contributed by atoms with Gasteiger partial charge in [0.15, 0.2) is 0 Å². The minimum Gasteiger partial charge on any atom is -0.462 e. The van der Waals surface area contributed by atoms with Crippen LogP contribution in [0.3, 0.4) is 0 Å². The topological polar surface area (TPSA) is 81.7 Å². The van der Waals surface area contributed by atoms with Crippen LogP contribution in [0.1, 0.15) is 202 Å². The van der Waals surface area contributed by atoms with Crippen molar-refractivity contribution in [3.05, 3.63) is 37.1 Å². The second-order valence-corrected chi connectivity index (χ2v) is 13.2. The molecule has 0 fully saturated rings. The van der Waals surface area contributed by atoms with E-state index in [-0.39, 0.29) is 17.8 Å². The van der Waals surface area contributed by atoms with Crippen molar-refractivity contribution in [2.24, 2.45) is 0 Å². The lowest BCUT2D eigenvalue weighted by Gasteiger charge is -2.05. The first-order chi connectivity index (χ1) is 23.1. The fourth-order valence-electron chi connectivity index (χ4n) is 5.02. The summed E-state index contributed by atoms with van der Waals surface area (Å²) in [5.74, 6) is -0.590. The Morgan fingerprint density at radius 3 is 1.12 bits per heavy atom. The molecule has 0 radical (unpaired) electrons. The molecule has 0 aromatic heterocycles. The van der Waals surface area contributed by atoms with Crippen LogP contribution < -0.4 is 5.32 Å². The Hall–Kier alpha value is -2.37. The minimum absolute atomic E-state index is 0.00491. The third-order valence-corrected chi connectivity index (χ3v) is 8.03. The van der Waals surface area contributed by atoms with Crippen LogP contribution in [0.5, 0.6) is 0 Å². The summed E-state index contributed by atoms with van der Waals surface area (Å²) in [6, 6.07) is 0. The highest BCUT2D eigenvalue weighted by atomic mass is 16.5. The smallest absolute Gasteiger partial charge is 0.333 e. The molecule has 282 valence electrons. The van der Waals surface area contributed by atoms with Gasteiger partial charge in [0.2, 0.25) is 5.91 Å². The van der Waals surface area contributed by atoms with E-state index in [1.54, 1.807) is 13.8 Å². The van der Waals surface area contributed by atoms with Gasteiger partial charge in [-0.25, -0.2) is 4.79 Å². The van der Waals surface area contributed by atoms with Gasteiger partial charge in [-0.15, -0.1) is 0 Å². The molecule has 0 aliphatic rings. The number of hydrogen-bond donors (Lipinski definition) is 1. The maximum atomic E-state index is 11.3. The summed E-state index contributed by atoms with van der Waals surface area (Å²) in [6.45, 7) is 21.0. The Morgan fingerprint density at radius 2 is 0.854 bits per heavy atom. The van der Waals surface area contributed by atoms with Crippen LogP contribution in [-0.2, 0) is 23.9 Å². The molecule has 6 heteroatoms. The van der Waals surface area contributed by atoms with Crippen LogP contribution in [-0.4, -0.2) is 31.0 Å². The molecule has 0 spiro atoms. The van der Waals surface area contributed by atoms with Crippen LogP contribution in [0.15, 0.2) is 37.1 Å². The van der Waals surface area contributed by atoms with E-state index < -0.39 is 0 Å². The maximum Gasteiger partial charge on any atom is 0.333 e. The second kappa shape index (κ2) is 42.7. The summed E-state index contributed by atoms with van der Waals surface area (Å²) in [7, 11) is 0. The number of carbonyl (C=O) groups is 3. The lowest BCUT2D eigenvalue weighted by atomic mass is 10.0. The molecule has 0 aromatic carbocycles. The SMILES string of the molecule is C=C(C)C(=O)NCCCCCCCCCCCCCCCC.C=C(C)C(=O)OCCCCCCCCCCCCCC.C=COC(C)=O. The normalized spacial score (nSPS) is 10.1. The molecule has 6 nitrogen and oxygen atoms in total. The number of unbranched alkanes of at least 4 members (excludes halogenated alkanes) is 24. The van der Waals surface area contributed by atoms with E-state index in [0.29, 0.717) is 17.8 Å². The molecule has 0 aromatic rings. The molecule has 0 unspecified atom stereocenters. The number of hydrogen-bond acceptors (Lipinski definition) is 5. The van der Waals surface area contributed by atoms with Crippen LogP contribution in [0.2, 0.25) is 0 Å². The fraction of sp³-hybridized carbons (Fsp3) is 0.786. The van der Waals surface area contributed by atoms with Gasteiger partial charge < -0.3 is 14.8 Å². The third-order valence-electron chi connectivity index (χ3n) is 8.03. The van der Waals surface area contributed by atoms with Gasteiger partial charge in [-0.2, -0.15) is 0 Å². The van der Waals surface area contributed by atoms with Gasteiger partial charge in [0.25, 0.3) is 0 Å². The summed E-state index contributed by atoms with van der Waals surface area (Å²) in [5, 5.41) is 2.89. The molecular formula is C42H79NO5. The molecule has 1 amide bonds. The fourth-order valence-corrected chi connectivity index (χ4v) is 5.02. The molecule has 0 bridgehead atoms. The Kier molecular flexibility index (Phi) is 44.4. The highest BCUT2D eigenvalue weighted by Crippen LogP contribution is 2.13. The zero-order chi connectivity index (χ0) is 36.5. The predicted octanol–water partition coefficient (Wildman–Crippen LogP) is 12.7. The first-order valence-corrected chi connectivity index (χ1v) is 19.7. The summed E-state index contributed by atoms with van der Waals surface area (Å²) in [6.07, 6.45) is 36.1. The average Bonchev–Trinajstić information content (AvgIpc) is 3.05. The number of esters is 2. The Bertz CT molecular complexity index is 776. The minimum atomic E-state index is -0.329. The maximum absolute atomic E-state index is 11.3. The van der Waals surface area contributed by atoms with Crippen molar-refractivity contribution in [2.75, 3.05) is 13.2 Å². The van der Waals surface area contributed by atoms with Gasteiger partial charge in [0, 0.05) is 24.6 Å². The monoisotopic (exact) mass is 678 g/mol. The standard InChI is InChI=1S/C20H39NO.C18H34O2.C4H6O2/c1-4-5-6-7-8-9-10-11-12-13-14-15-16-17-18-21-20(22)19(2)3;1-4-5-6-7-8-9-10-11-12-13-14-15-16-20-18(19)17(2)3;1-3-6-4(2)5/h2,4-18H2,1,3H3,(H,21,22);2,4-16H2,1,3H3;3H,1H2,2H3. The van der Waals surface area contributed by atoms with E-state index in [9.17, 15) is 14.4 Å². The van der Waals surface area contributed by atoms with Gasteiger partial charge in [-0.3, -0.25) is 9.59 Å². The summed E-state index contributed by atoms with van der Waals surface area (Å²) in [4.78, 5) is 32.1. The molecule has 0 saturated heterocycles. The number of carbonyl (C=O) groups excluding carboxylic acids is 3. The lowest BCUT2D eigenvalue weighted by Crippen LogP contribution is -2.24. The highest BCUT2D eigenvalue weighted by molar-refractivity contribution is 5.92. The first kappa shape index (κ1) is 50.0. The van der Waals surface area contributed by atoms with Gasteiger partial charge in [0.1, 0.15) is 0 Å². The van der Waals surface area contributed by atoms with Crippen LogP contribution in [0.4, 0.5) is 0 Å². The Morgan fingerprint density at radius 1 is 0.521 bits per heavy atom. The van der Waals surface area contributed by atoms with Crippen LogP contribution >= 0.6 is 0 Å². The number of amides is 1. The van der Waals surface area contributed by atoms with Crippen molar-refractivity contribution in [3.63, 3.8) is 0 Å². The van der Waals surface area contributed by atoms with E-state index in [0.717, 1.165) is 25.6 Å². The second-order valence-electron chi connectivity index (χ2n) is 13.2. The van der Waals surface area contributed by atoms with E-state index in [1.807, 2.05) is 0 Å². The zero-order valence-electron chi connectivity index (χ0n) is 32.5. The lowest BCUT2D eigenvalue weighted by molar-refractivity contribution is -0.139. The van der Waals surface area contributed by atoms with Crippen molar-refractivity contribution in [2.45, 2.75) is 202 Å². The average molecular weight is 678 g/mol. The molecule has 48 heavy (non-hydrogen) atoms. The van der Waals surface area contributed by atoms with Crippen molar-refractivity contribution >= 4 is 17.8 Å². The summed E-state index contributed by atoms with van der Waals surface area (Å²) >= 11 is 0. The van der Waals surface area contributed by atoms with E-state index in [4.69, 9.17) is 4.74 Å². The third kappa shape index (κ3) is 48.0. The zero-order valence-corrected chi connectivity index (χ0v) is 32.5. The van der Waals surface area contributed by atoms with Crippen molar-refractivity contribution in [1.82, 2.24) is 5.32 Å². The highest BCUT2D eigenvalue weighted by Gasteiger charge is 2.02. The van der Waals surface area contributed by atoms with Crippen LogP contribution in [0, 0.1) is 0 Å². The molecule has 1 N–H and O–H groups in total. The van der Waals surface area contributed by atoms with E-state index in [1.165, 1.54) is 161 Å². The number of rotatable bonds is 31. The van der Waals surface area contributed by atoms with Gasteiger partial charge in [-0.05, 0) is 26.7 Å². The number of nitrogens with one attached hydrogen (secondary N) is 1. The molecule has 0 rings (SSSR count). The van der Waals surface area contributed by atoms with Gasteiger partial charge in [0.05, 0.1) is 12.9 Å². The molecule has 0 aliphatic carbocycles. The summed E-state index contributed by atoms with van der Waals surface area (Å²) < 4.78 is 9.22. The molecule has 0 atom stereocenters. The Labute approximate surface area is 298 Å². The van der Waals surface area contributed by atoms with Gasteiger partial charge in [-0.1, -0.05) is 188 Å². The number of ether oxygens (including phenoxy) is 2. The van der Waals surface area contributed by atoms with Crippen molar-refractivity contribution in [3.8, 4) is 0 Å². The Balaban J connectivity index is -0.000000722. The van der Waals surface area contributed by atoms with Crippen molar-refractivity contribution < 1.29 is 23.9 Å². The van der Waals surface area contributed by atoms with E-state index >= 15 is 0 Å². The molecule has 0 saturated carbocycles. The molecule has 0 heterocycles. The predicted molar refractivity (Wildman–Crippen MR) is 207 cm³/mol. The quantitative estimate of drug-likeness (QED) is 0.0342. The van der Waals surface area contributed by atoms with E-state index in [2.05, 4.69) is 43.6 Å². The first-order valence-electron chi connectivity index (χ1n) is 19.7. The van der Waals surface area contributed by atoms with Gasteiger partial charge >= 0.3 is 11.9 Å². The summed E-state index contributed by atoms with van der Waals surface area (Å²) in [5.41, 5.74) is 1.09. The van der Waals surface area contributed by atoms with Crippen LogP contribution in [0.25, 0.3) is 0 Å². The molecular weight excluding hydrogens is 598 g/mol. The largest absolute Gasteiger partial charge is 0.462 e. The van der Waals surface area contributed by atoms with Crippen molar-refractivity contribution in [1.29, 1.82) is 0 Å². The molecule has 0 aliphatic heterocycles.